The number of rotatable bonds is 4. The van der Waals surface area contributed by atoms with Crippen molar-refractivity contribution in [3.05, 3.63) is 29.8 Å². The minimum Gasteiger partial charge on any atom is -0.450 e. The van der Waals surface area contributed by atoms with Gasteiger partial charge in [-0.1, -0.05) is 18.2 Å². The summed E-state index contributed by atoms with van der Waals surface area (Å²) in [5, 5.41) is 3.01. The Morgan fingerprint density at radius 3 is 2.64 bits per heavy atom. The van der Waals surface area contributed by atoms with Crippen LogP contribution in [0.4, 0.5) is 10.5 Å². The number of amides is 2. The SMILES string of the molecule is CCOC(=O)N1CCC(NC(=O)Cc2ccccc2N)CC1. The second-order valence-electron chi connectivity index (χ2n) is 5.40. The van der Waals surface area contributed by atoms with Gasteiger partial charge in [0.25, 0.3) is 0 Å². The average molecular weight is 305 g/mol. The highest BCUT2D eigenvalue weighted by Gasteiger charge is 2.24. The second kappa shape index (κ2) is 7.68. The zero-order valence-electron chi connectivity index (χ0n) is 12.9. The number of nitrogens with zero attached hydrogens (tertiary/aromatic N) is 1. The van der Waals surface area contributed by atoms with Crippen molar-refractivity contribution in [2.45, 2.75) is 32.2 Å². The fourth-order valence-corrected chi connectivity index (χ4v) is 2.57. The second-order valence-corrected chi connectivity index (χ2v) is 5.40. The molecular weight excluding hydrogens is 282 g/mol. The van der Waals surface area contributed by atoms with Gasteiger partial charge in [-0.2, -0.15) is 0 Å². The third-order valence-corrected chi connectivity index (χ3v) is 3.79. The monoisotopic (exact) mass is 305 g/mol. The topological polar surface area (TPSA) is 84.7 Å². The molecule has 1 aromatic rings. The van der Waals surface area contributed by atoms with Crippen molar-refractivity contribution in [3.8, 4) is 0 Å². The van der Waals surface area contributed by atoms with Crippen molar-refractivity contribution in [1.82, 2.24) is 10.2 Å². The first-order valence-electron chi connectivity index (χ1n) is 7.64. The predicted molar refractivity (Wildman–Crippen MR) is 84.3 cm³/mol. The van der Waals surface area contributed by atoms with Crippen LogP contribution in [0.5, 0.6) is 0 Å². The number of piperidine rings is 1. The van der Waals surface area contributed by atoms with Crippen molar-refractivity contribution in [1.29, 1.82) is 0 Å². The summed E-state index contributed by atoms with van der Waals surface area (Å²) in [4.78, 5) is 25.4. The molecule has 0 saturated carbocycles. The molecule has 1 aromatic carbocycles. The average Bonchev–Trinajstić information content (AvgIpc) is 2.50. The summed E-state index contributed by atoms with van der Waals surface area (Å²) in [5.41, 5.74) is 7.31. The van der Waals surface area contributed by atoms with E-state index in [2.05, 4.69) is 5.32 Å². The zero-order chi connectivity index (χ0) is 15.9. The predicted octanol–water partition coefficient (Wildman–Crippen LogP) is 1.55. The van der Waals surface area contributed by atoms with Crippen LogP contribution in [0.2, 0.25) is 0 Å². The third kappa shape index (κ3) is 4.38. The third-order valence-electron chi connectivity index (χ3n) is 3.79. The molecule has 6 heteroatoms. The molecule has 0 unspecified atom stereocenters. The molecular formula is C16H23N3O3. The molecule has 0 spiro atoms. The molecule has 0 aliphatic carbocycles. The summed E-state index contributed by atoms with van der Waals surface area (Å²) in [5.74, 6) is -0.0347. The number of benzene rings is 1. The molecule has 0 aromatic heterocycles. The number of ether oxygens (including phenoxy) is 1. The Balaban J connectivity index is 1.77. The van der Waals surface area contributed by atoms with Gasteiger partial charge in [0.2, 0.25) is 5.91 Å². The summed E-state index contributed by atoms with van der Waals surface area (Å²) >= 11 is 0. The molecule has 0 atom stereocenters. The van der Waals surface area contributed by atoms with Crippen LogP contribution in [0, 0.1) is 0 Å². The van der Waals surface area contributed by atoms with Crippen molar-refractivity contribution in [2.24, 2.45) is 0 Å². The highest BCUT2D eigenvalue weighted by molar-refractivity contribution is 5.80. The van der Waals surface area contributed by atoms with Crippen molar-refractivity contribution in [3.63, 3.8) is 0 Å². The van der Waals surface area contributed by atoms with Crippen LogP contribution in [-0.2, 0) is 16.0 Å². The van der Waals surface area contributed by atoms with E-state index in [1.807, 2.05) is 18.2 Å². The first kappa shape index (κ1) is 16.1. The smallest absolute Gasteiger partial charge is 0.409 e. The summed E-state index contributed by atoms with van der Waals surface area (Å²) in [6.07, 6.45) is 1.50. The van der Waals surface area contributed by atoms with Gasteiger partial charge in [0.05, 0.1) is 13.0 Å². The molecule has 6 nitrogen and oxygen atoms in total. The summed E-state index contributed by atoms with van der Waals surface area (Å²) in [6.45, 7) is 3.39. The van der Waals surface area contributed by atoms with Gasteiger partial charge in [-0.3, -0.25) is 4.79 Å². The standard InChI is InChI=1S/C16H23N3O3/c1-2-22-16(21)19-9-7-13(8-10-19)18-15(20)11-12-5-3-4-6-14(12)17/h3-6,13H,2,7-11,17H2,1H3,(H,18,20). The lowest BCUT2D eigenvalue weighted by Gasteiger charge is -2.31. The Morgan fingerprint density at radius 1 is 1.32 bits per heavy atom. The summed E-state index contributed by atoms with van der Waals surface area (Å²) in [7, 11) is 0. The molecule has 120 valence electrons. The Labute approximate surface area is 130 Å². The van der Waals surface area contributed by atoms with Gasteiger partial charge in [-0.05, 0) is 31.4 Å². The van der Waals surface area contributed by atoms with Crippen LogP contribution in [0.25, 0.3) is 0 Å². The maximum atomic E-state index is 12.1. The van der Waals surface area contributed by atoms with E-state index in [9.17, 15) is 9.59 Å². The van der Waals surface area contributed by atoms with Crippen LogP contribution >= 0.6 is 0 Å². The molecule has 1 heterocycles. The van der Waals surface area contributed by atoms with Gasteiger partial charge in [-0.25, -0.2) is 4.79 Å². The van der Waals surface area contributed by atoms with E-state index < -0.39 is 0 Å². The first-order chi connectivity index (χ1) is 10.6. The molecule has 1 saturated heterocycles. The van der Waals surface area contributed by atoms with Crippen molar-refractivity contribution >= 4 is 17.7 Å². The van der Waals surface area contributed by atoms with Crippen LogP contribution in [0.1, 0.15) is 25.3 Å². The molecule has 2 amide bonds. The lowest BCUT2D eigenvalue weighted by Crippen LogP contribution is -2.47. The Hall–Kier alpha value is -2.24. The number of likely N-dealkylation sites (tertiary alicyclic amines) is 1. The van der Waals surface area contributed by atoms with Gasteiger partial charge < -0.3 is 20.7 Å². The molecule has 0 bridgehead atoms. The molecule has 1 aliphatic rings. The van der Waals surface area contributed by atoms with E-state index in [0.717, 1.165) is 18.4 Å². The normalized spacial score (nSPS) is 15.4. The fourth-order valence-electron chi connectivity index (χ4n) is 2.57. The van der Waals surface area contributed by atoms with E-state index in [4.69, 9.17) is 10.5 Å². The highest BCUT2D eigenvalue weighted by atomic mass is 16.6. The van der Waals surface area contributed by atoms with E-state index >= 15 is 0 Å². The zero-order valence-corrected chi connectivity index (χ0v) is 12.9. The number of hydrogen-bond donors (Lipinski definition) is 2. The maximum Gasteiger partial charge on any atom is 0.409 e. The quantitative estimate of drug-likeness (QED) is 0.827. The number of hydrogen-bond acceptors (Lipinski definition) is 4. The highest BCUT2D eigenvalue weighted by Crippen LogP contribution is 2.14. The van der Waals surface area contributed by atoms with Gasteiger partial charge in [0.1, 0.15) is 0 Å². The van der Waals surface area contributed by atoms with Crippen LogP contribution in [-0.4, -0.2) is 42.6 Å². The van der Waals surface area contributed by atoms with E-state index in [1.165, 1.54) is 0 Å². The van der Waals surface area contributed by atoms with E-state index in [-0.39, 0.29) is 24.5 Å². The van der Waals surface area contributed by atoms with Crippen LogP contribution in [0.3, 0.4) is 0 Å². The van der Waals surface area contributed by atoms with Crippen molar-refractivity contribution < 1.29 is 14.3 Å². The number of nitrogens with two attached hydrogens (primary N) is 1. The Kier molecular flexibility index (Phi) is 5.63. The van der Waals surface area contributed by atoms with Crippen LogP contribution < -0.4 is 11.1 Å². The van der Waals surface area contributed by atoms with Gasteiger partial charge >= 0.3 is 6.09 Å². The number of para-hydroxylation sites is 1. The van der Waals surface area contributed by atoms with Gasteiger partial charge in [-0.15, -0.1) is 0 Å². The minimum atomic E-state index is -0.274. The number of nitrogen functional groups attached to an aromatic ring is 1. The number of carbonyl (C=O) groups is 2. The summed E-state index contributed by atoms with van der Waals surface area (Å²) in [6, 6.07) is 7.47. The van der Waals surface area contributed by atoms with Crippen LogP contribution in [0.15, 0.2) is 24.3 Å². The number of carbonyl (C=O) groups excluding carboxylic acids is 2. The molecule has 1 aliphatic heterocycles. The minimum absolute atomic E-state index is 0.0347. The van der Waals surface area contributed by atoms with Gasteiger partial charge in [0.15, 0.2) is 0 Å². The molecule has 3 N–H and O–H groups in total. The number of nitrogens with one attached hydrogen (secondary N) is 1. The Bertz CT molecular complexity index is 525. The maximum absolute atomic E-state index is 12.1. The summed E-state index contributed by atoms with van der Waals surface area (Å²) < 4.78 is 4.98. The fraction of sp³-hybridized carbons (Fsp3) is 0.500. The van der Waals surface area contributed by atoms with E-state index in [0.29, 0.717) is 25.4 Å². The van der Waals surface area contributed by atoms with Gasteiger partial charge in [0, 0.05) is 24.8 Å². The molecule has 1 fully saturated rings. The molecule has 0 radical (unpaired) electrons. The molecule has 22 heavy (non-hydrogen) atoms. The van der Waals surface area contributed by atoms with Crippen molar-refractivity contribution in [2.75, 3.05) is 25.4 Å². The lowest BCUT2D eigenvalue weighted by molar-refractivity contribution is -0.121. The lowest BCUT2D eigenvalue weighted by atomic mass is 10.0. The first-order valence-corrected chi connectivity index (χ1v) is 7.64. The molecule has 2 rings (SSSR count). The number of anilines is 1. The Morgan fingerprint density at radius 2 is 2.00 bits per heavy atom. The largest absolute Gasteiger partial charge is 0.450 e. The van der Waals surface area contributed by atoms with E-state index in [1.54, 1.807) is 17.9 Å².